The van der Waals surface area contributed by atoms with Crippen LogP contribution in [-0.4, -0.2) is 49.6 Å². The second-order valence-corrected chi connectivity index (χ2v) is 3.18. The Kier molecular flexibility index (Phi) is 4.39. The van der Waals surface area contributed by atoms with Crippen LogP contribution in [0.2, 0.25) is 0 Å². The molecule has 1 N–H and O–H groups in total. The number of ether oxygens (including phenoxy) is 1. The van der Waals surface area contributed by atoms with Gasteiger partial charge >= 0.3 is 5.97 Å². The second kappa shape index (κ2) is 5.59. The van der Waals surface area contributed by atoms with Crippen molar-refractivity contribution < 1.29 is 14.3 Å². The predicted octanol–water partition coefficient (Wildman–Crippen LogP) is -0.629. The van der Waals surface area contributed by atoms with Crippen molar-refractivity contribution in [2.75, 3.05) is 32.8 Å². The first-order chi connectivity index (χ1) is 6.72. The van der Waals surface area contributed by atoms with Crippen LogP contribution in [0.3, 0.4) is 0 Å². The molecule has 1 aliphatic heterocycles. The summed E-state index contributed by atoms with van der Waals surface area (Å²) in [4.78, 5) is 24.0. The normalized spacial score (nSPS) is 18.5. The average molecular weight is 200 g/mol. The maximum absolute atomic E-state index is 11.1. The van der Waals surface area contributed by atoms with Crippen LogP contribution in [0.5, 0.6) is 0 Å². The number of carbonyl (C=O) groups is 2. The highest BCUT2D eigenvalue weighted by atomic mass is 16.5. The third-order valence-corrected chi connectivity index (χ3v) is 2.06. The largest absolute Gasteiger partial charge is 0.465 e. The summed E-state index contributed by atoms with van der Waals surface area (Å²) in [7, 11) is 0. The molecule has 5 nitrogen and oxygen atoms in total. The Morgan fingerprint density at radius 1 is 1.57 bits per heavy atom. The molecule has 80 valence electrons. The number of rotatable bonds is 3. The van der Waals surface area contributed by atoms with E-state index in [9.17, 15) is 9.59 Å². The quantitative estimate of drug-likeness (QED) is 0.616. The lowest BCUT2D eigenvalue weighted by Gasteiger charge is -2.17. The van der Waals surface area contributed by atoms with E-state index in [1.807, 2.05) is 4.90 Å². The Labute approximate surface area is 83.4 Å². The molecule has 5 heteroatoms. The highest BCUT2D eigenvalue weighted by molar-refractivity contribution is 5.76. The van der Waals surface area contributed by atoms with Crippen molar-refractivity contribution in [3.8, 4) is 0 Å². The van der Waals surface area contributed by atoms with Crippen LogP contribution in [0.4, 0.5) is 0 Å². The van der Waals surface area contributed by atoms with E-state index in [2.05, 4.69) is 5.32 Å². The van der Waals surface area contributed by atoms with E-state index < -0.39 is 0 Å². The van der Waals surface area contributed by atoms with Crippen molar-refractivity contribution in [1.82, 2.24) is 10.2 Å². The van der Waals surface area contributed by atoms with Crippen LogP contribution in [0, 0.1) is 0 Å². The van der Waals surface area contributed by atoms with Crippen LogP contribution < -0.4 is 5.32 Å². The van der Waals surface area contributed by atoms with E-state index in [0.717, 1.165) is 0 Å². The number of hydrogen-bond acceptors (Lipinski definition) is 4. The monoisotopic (exact) mass is 200 g/mol. The maximum Gasteiger partial charge on any atom is 0.320 e. The topological polar surface area (TPSA) is 58.6 Å². The second-order valence-electron chi connectivity index (χ2n) is 3.18. The van der Waals surface area contributed by atoms with E-state index in [1.54, 1.807) is 6.92 Å². The zero-order chi connectivity index (χ0) is 10.4. The van der Waals surface area contributed by atoms with Crippen LogP contribution in [0.25, 0.3) is 0 Å². The molecule has 0 aromatic heterocycles. The Balaban J connectivity index is 2.29. The zero-order valence-electron chi connectivity index (χ0n) is 8.41. The fraction of sp³-hybridized carbons (Fsp3) is 0.778. The number of amides is 1. The first-order valence-electron chi connectivity index (χ1n) is 4.87. The Morgan fingerprint density at radius 2 is 2.36 bits per heavy atom. The standard InChI is InChI=1S/C9H16N2O3/c1-2-14-9(13)7-11-5-3-8(12)10-4-6-11/h2-7H2,1H3,(H,10,12). The number of nitrogens with one attached hydrogen (secondary N) is 1. The van der Waals surface area contributed by atoms with Gasteiger partial charge in [-0.15, -0.1) is 0 Å². The van der Waals surface area contributed by atoms with Crippen LogP contribution in [0.15, 0.2) is 0 Å². The number of hydrogen-bond donors (Lipinski definition) is 1. The molecule has 1 rings (SSSR count). The molecular weight excluding hydrogens is 184 g/mol. The van der Waals surface area contributed by atoms with Crippen LogP contribution >= 0.6 is 0 Å². The lowest BCUT2D eigenvalue weighted by Crippen LogP contribution is -2.33. The van der Waals surface area contributed by atoms with Gasteiger partial charge in [0.25, 0.3) is 0 Å². The van der Waals surface area contributed by atoms with E-state index in [1.165, 1.54) is 0 Å². The van der Waals surface area contributed by atoms with Gasteiger partial charge in [-0.1, -0.05) is 0 Å². The summed E-state index contributed by atoms with van der Waals surface area (Å²) in [5, 5.41) is 2.75. The van der Waals surface area contributed by atoms with Gasteiger partial charge in [-0.05, 0) is 6.92 Å². The molecule has 0 aromatic rings. The minimum atomic E-state index is -0.221. The lowest BCUT2D eigenvalue weighted by atomic mass is 10.4. The molecule has 1 aliphatic rings. The summed E-state index contributed by atoms with van der Waals surface area (Å²) in [6, 6.07) is 0. The number of nitrogens with zero attached hydrogens (tertiary/aromatic N) is 1. The van der Waals surface area contributed by atoms with Crippen molar-refractivity contribution in [2.24, 2.45) is 0 Å². The van der Waals surface area contributed by atoms with Crippen molar-refractivity contribution in [1.29, 1.82) is 0 Å². The van der Waals surface area contributed by atoms with E-state index in [0.29, 0.717) is 32.7 Å². The van der Waals surface area contributed by atoms with E-state index in [-0.39, 0.29) is 18.4 Å². The van der Waals surface area contributed by atoms with Gasteiger partial charge in [0.1, 0.15) is 0 Å². The molecule has 1 amide bonds. The van der Waals surface area contributed by atoms with Crippen LogP contribution in [0.1, 0.15) is 13.3 Å². The van der Waals surface area contributed by atoms with E-state index >= 15 is 0 Å². The molecule has 0 radical (unpaired) electrons. The van der Waals surface area contributed by atoms with Crippen molar-refractivity contribution in [3.63, 3.8) is 0 Å². The summed E-state index contributed by atoms with van der Waals surface area (Å²) < 4.78 is 4.83. The molecule has 0 atom stereocenters. The SMILES string of the molecule is CCOC(=O)CN1CCNC(=O)CC1. The first kappa shape index (κ1) is 11.0. The summed E-state index contributed by atoms with van der Waals surface area (Å²) in [6.07, 6.45) is 0.458. The van der Waals surface area contributed by atoms with Crippen molar-refractivity contribution in [2.45, 2.75) is 13.3 Å². The molecule has 0 bridgehead atoms. The minimum Gasteiger partial charge on any atom is -0.465 e. The number of esters is 1. The molecule has 0 unspecified atom stereocenters. The molecule has 0 aliphatic carbocycles. The number of carbonyl (C=O) groups excluding carboxylic acids is 2. The summed E-state index contributed by atoms with van der Waals surface area (Å²) >= 11 is 0. The molecule has 1 saturated heterocycles. The summed E-state index contributed by atoms with van der Waals surface area (Å²) in [5.41, 5.74) is 0. The first-order valence-corrected chi connectivity index (χ1v) is 4.87. The highest BCUT2D eigenvalue weighted by Crippen LogP contribution is 1.96. The maximum atomic E-state index is 11.1. The van der Waals surface area contributed by atoms with Gasteiger partial charge in [-0.25, -0.2) is 0 Å². The Hall–Kier alpha value is -1.10. The molecular formula is C9H16N2O3. The van der Waals surface area contributed by atoms with Gasteiger partial charge in [0.15, 0.2) is 0 Å². The lowest BCUT2D eigenvalue weighted by molar-refractivity contribution is -0.144. The third-order valence-electron chi connectivity index (χ3n) is 2.06. The summed E-state index contributed by atoms with van der Waals surface area (Å²) in [5.74, 6) is -0.168. The molecule has 1 heterocycles. The molecule has 0 aromatic carbocycles. The van der Waals surface area contributed by atoms with Crippen molar-refractivity contribution >= 4 is 11.9 Å². The average Bonchev–Trinajstić information content (AvgIpc) is 2.32. The Bertz CT molecular complexity index is 218. The van der Waals surface area contributed by atoms with Gasteiger partial charge in [0, 0.05) is 26.1 Å². The predicted molar refractivity (Wildman–Crippen MR) is 50.7 cm³/mol. The zero-order valence-corrected chi connectivity index (χ0v) is 8.41. The third kappa shape index (κ3) is 3.74. The van der Waals surface area contributed by atoms with E-state index in [4.69, 9.17) is 4.74 Å². The van der Waals surface area contributed by atoms with Crippen LogP contribution in [-0.2, 0) is 14.3 Å². The van der Waals surface area contributed by atoms with Gasteiger partial charge in [-0.3, -0.25) is 14.5 Å². The highest BCUT2D eigenvalue weighted by Gasteiger charge is 2.16. The van der Waals surface area contributed by atoms with Gasteiger partial charge in [0.2, 0.25) is 5.91 Å². The fourth-order valence-corrected chi connectivity index (χ4v) is 1.36. The molecule has 0 spiro atoms. The molecule has 0 saturated carbocycles. The smallest absolute Gasteiger partial charge is 0.320 e. The molecule has 14 heavy (non-hydrogen) atoms. The van der Waals surface area contributed by atoms with Gasteiger partial charge in [-0.2, -0.15) is 0 Å². The van der Waals surface area contributed by atoms with Gasteiger partial charge < -0.3 is 10.1 Å². The summed E-state index contributed by atoms with van der Waals surface area (Å²) in [6.45, 7) is 4.42. The Morgan fingerprint density at radius 3 is 3.07 bits per heavy atom. The minimum absolute atomic E-state index is 0.0522. The van der Waals surface area contributed by atoms with Gasteiger partial charge in [0.05, 0.1) is 13.2 Å². The van der Waals surface area contributed by atoms with Crippen molar-refractivity contribution in [3.05, 3.63) is 0 Å². The fourth-order valence-electron chi connectivity index (χ4n) is 1.36. The molecule has 1 fully saturated rings.